The van der Waals surface area contributed by atoms with E-state index in [9.17, 15) is 9.59 Å². The molecule has 21 heavy (non-hydrogen) atoms. The van der Waals surface area contributed by atoms with Gasteiger partial charge in [-0.15, -0.1) is 0 Å². The summed E-state index contributed by atoms with van der Waals surface area (Å²) in [4.78, 5) is 31.7. The second-order valence-corrected chi connectivity index (χ2v) is 5.35. The number of piperidine rings is 1. The van der Waals surface area contributed by atoms with Crippen LogP contribution in [0.15, 0.2) is 18.6 Å². The Morgan fingerprint density at radius 3 is 3.00 bits per heavy atom. The smallest absolute Gasteiger partial charge is 0.271 e. The number of hydrogen-bond donors (Lipinski definition) is 2. The number of nitrogens with one attached hydrogen (secondary N) is 2. The van der Waals surface area contributed by atoms with E-state index < -0.39 is 0 Å². The minimum absolute atomic E-state index is 0.0144. The number of nitrogens with zero attached hydrogens (tertiary/aromatic N) is 2. The Bertz CT molecular complexity index is 516. The molecule has 3 heterocycles. The van der Waals surface area contributed by atoms with Gasteiger partial charge in [-0.2, -0.15) is 0 Å². The monoisotopic (exact) mass is 290 g/mol. The molecule has 1 aromatic rings. The summed E-state index contributed by atoms with van der Waals surface area (Å²) in [5.74, 6) is -0.257. The highest BCUT2D eigenvalue weighted by molar-refractivity contribution is 5.92. The highest BCUT2D eigenvalue weighted by Gasteiger charge is 2.37. The van der Waals surface area contributed by atoms with Crippen molar-refractivity contribution in [2.24, 2.45) is 0 Å². The van der Waals surface area contributed by atoms with Gasteiger partial charge in [-0.05, 0) is 19.3 Å². The molecule has 0 spiro atoms. The summed E-state index contributed by atoms with van der Waals surface area (Å²) < 4.78 is 5.66. The van der Waals surface area contributed by atoms with E-state index in [1.54, 1.807) is 0 Å². The molecule has 1 unspecified atom stereocenters. The molecule has 3 atom stereocenters. The Hall–Kier alpha value is -2.02. The number of carbonyl (C=O) groups is 2. The molecule has 2 fully saturated rings. The van der Waals surface area contributed by atoms with Crippen LogP contribution in [0.1, 0.15) is 36.2 Å². The Morgan fingerprint density at radius 2 is 2.29 bits per heavy atom. The van der Waals surface area contributed by atoms with Gasteiger partial charge in [0.15, 0.2) is 0 Å². The maximum Gasteiger partial charge on any atom is 0.271 e. The maximum absolute atomic E-state index is 12.2. The first-order chi connectivity index (χ1) is 10.2. The Kier molecular flexibility index (Phi) is 4.10. The van der Waals surface area contributed by atoms with Crippen LogP contribution in [0, 0.1) is 0 Å². The summed E-state index contributed by atoms with van der Waals surface area (Å²) in [6.07, 6.45) is 7.32. The summed E-state index contributed by atoms with van der Waals surface area (Å²) in [7, 11) is 0. The molecule has 7 heteroatoms. The molecule has 0 saturated carbocycles. The number of aromatic nitrogens is 2. The lowest BCUT2D eigenvalue weighted by Crippen LogP contribution is -2.60. The third-order valence-corrected chi connectivity index (χ3v) is 3.92. The third kappa shape index (κ3) is 3.18. The molecule has 3 rings (SSSR count). The standard InChI is InChI=1S/C14H18N4O3/c19-12-4-3-9(13(18-12)11-2-1-7-21-11)17-14(20)10-8-15-5-6-16-10/h5-6,8-9,11,13H,1-4,7H2,(H,17,20)(H,18,19)/t9-,11?,13-/m0/s1. The summed E-state index contributed by atoms with van der Waals surface area (Å²) in [5, 5.41) is 5.90. The molecular formula is C14H18N4O3. The van der Waals surface area contributed by atoms with Crippen molar-refractivity contribution in [1.82, 2.24) is 20.6 Å². The maximum atomic E-state index is 12.2. The summed E-state index contributed by atoms with van der Waals surface area (Å²) in [5.41, 5.74) is 0.278. The highest BCUT2D eigenvalue weighted by atomic mass is 16.5. The zero-order valence-corrected chi connectivity index (χ0v) is 11.6. The van der Waals surface area contributed by atoms with Gasteiger partial charge in [0.25, 0.3) is 5.91 Å². The highest BCUT2D eigenvalue weighted by Crippen LogP contribution is 2.22. The summed E-state index contributed by atoms with van der Waals surface area (Å²) in [6.45, 7) is 0.710. The van der Waals surface area contributed by atoms with Crippen LogP contribution in [-0.4, -0.2) is 46.6 Å². The van der Waals surface area contributed by atoms with Crippen LogP contribution in [-0.2, 0) is 9.53 Å². The predicted octanol–water partition coefficient (Wildman–Crippen LogP) is 0.0326. The number of rotatable bonds is 3. The van der Waals surface area contributed by atoms with Crippen molar-refractivity contribution >= 4 is 11.8 Å². The molecule has 1 aromatic heterocycles. The van der Waals surface area contributed by atoms with E-state index in [-0.39, 0.29) is 35.7 Å². The van der Waals surface area contributed by atoms with Gasteiger partial charge < -0.3 is 15.4 Å². The van der Waals surface area contributed by atoms with Gasteiger partial charge in [0.2, 0.25) is 5.91 Å². The second-order valence-electron chi connectivity index (χ2n) is 5.35. The van der Waals surface area contributed by atoms with Crippen LogP contribution in [0.3, 0.4) is 0 Å². The Balaban J connectivity index is 1.69. The normalized spacial score (nSPS) is 29.0. The van der Waals surface area contributed by atoms with Gasteiger partial charge >= 0.3 is 0 Å². The van der Waals surface area contributed by atoms with Crippen LogP contribution in [0.2, 0.25) is 0 Å². The van der Waals surface area contributed by atoms with Crippen molar-refractivity contribution in [3.05, 3.63) is 24.3 Å². The number of ether oxygens (including phenoxy) is 1. The topological polar surface area (TPSA) is 93.2 Å². The minimum atomic E-state index is -0.271. The van der Waals surface area contributed by atoms with E-state index in [1.165, 1.54) is 18.6 Å². The predicted molar refractivity (Wildman–Crippen MR) is 73.4 cm³/mol. The lowest BCUT2D eigenvalue weighted by Gasteiger charge is -2.35. The number of hydrogen-bond acceptors (Lipinski definition) is 5. The lowest BCUT2D eigenvalue weighted by molar-refractivity contribution is -0.125. The second kappa shape index (κ2) is 6.17. The van der Waals surface area contributed by atoms with E-state index in [2.05, 4.69) is 20.6 Å². The van der Waals surface area contributed by atoms with Gasteiger partial charge in [-0.25, -0.2) is 4.98 Å². The third-order valence-electron chi connectivity index (χ3n) is 3.92. The van der Waals surface area contributed by atoms with Crippen LogP contribution in [0.4, 0.5) is 0 Å². The van der Waals surface area contributed by atoms with Crippen LogP contribution in [0.5, 0.6) is 0 Å². The fraction of sp³-hybridized carbons (Fsp3) is 0.571. The first-order valence-electron chi connectivity index (χ1n) is 7.22. The fourth-order valence-corrected chi connectivity index (χ4v) is 2.88. The van der Waals surface area contributed by atoms with Crippen molar-refractivity contribution in [1.29, 1.82) is 0 Å². The van der Waals surface area contributed by atoms with E-state index in [0.29, 0.717) is 19.4 Å². The van der Waals surface area contributed by atoms with Crippen LogP contribution in [0.25, 0.3) is 0 Å². The summed E-state index contributed by atoms with van der Waals surface area (Å²) >= 11 is 0. The van der Waals surface area contributed by atoms with E-state index >= 15 is 0 Å². The van der Waals surface area contributed by atoms with Crippen molar-refractivity contribution < 1.29 is 14.3 Å². The SMILES string of the molecule is O=C1CC[C@H](NC(=O)c2cnccn2)[C@@H](C2CCCO2)N1. The van der Waals surface area contributed by atoms with E-state index in [4.69, 9.17) is 4.74 Å². The molecule has 0 bridgehead atoms. The molecule has 7 nitrogen and oxygen atoms in total. The minimum Gasteiger partial charge on any atom is -0.376 e. The first-order valence-corrected chi connectivity index (χ1v) is 7.22. The van der Waals surface area contributed by atoms with Crippen molar-refractivity contribution in [3.8, 4) is 0 Å². The molecule has 0 aromatic carbocycles. The summed E-state index contributed by atoms with van der Waals surface area (Å²) in [6, 6.07) is -0.310. The molecule has 2 saturated heterocycles. The van der Waals surface area contributed by atoms with Crippen molar-refractivity contribution in [3.63, 3.8) is 0 Å². The first kappa shape index (κ1) is 13.9. The van der Waals surface area contributed by atoms with Crippen molar-refractivity contribution in [2.75, 3.05) is 6.61 Å². The van der Waals surface area contributed by atoms with Gasteiger partial charge in [-0.1, -0.05) is 0 Å². The van der Waals surface area contributed by atoms with Crippen LogP contribution < -0.4 is 10.6 Å². The molecule has 2 aliphatic rings. The molecule has 112 valence electrons. The average Bonchev–Trinajstić information content (AvgIpc) is 3.04. The molecule has 0 aliphatic carbocycles. The van der Waals surface area contributed by atoms with Gasteiger partial charge in [0.1, 0.15) is 5.69 Å². The zero-order chi connectivity index (χ0) is 14.7. The molecule has 2 N–H and O–H groups in total. The Labute approximate surface area is 122 Å². The van der Waals surface area contributed by atoms with E-state index in [1.807, 2.05) is 0 Å². The molecule has 2 aliphatic heterocycles. The zero-order valence-electron chi connectivity index (χ0n) is 11.6. The number of carbonyl (C=O) groups excluding carboxylic acids is 2. The van der Waals surface area contributed by atoms with Crippen LogP contribution >= 0.6 is 0 Å². The van der Waals surface area contributed by atoms with Gasteiger partial charge in [0.05, 0.1) is 24.4 Å². The lowest BCUT2D eigenvalue weighted by atomic mass is 9.92. The van der Waals surface area contributed by atoms with E-state index in [0.717, 1.165) is 12.8 Å². The quantitative estimate of drug-likeness (QED) is 0.819. The van der Waals surface area contributed by atoms with Crippen molar-refractivity contribution in [2.45, 2.75) is 43.9 Å². The molecule has 0 radical (unpaired) electrons. The molecular weight excluding hydrogens is 272 g/mol. The number of amides is 2. The molecule has 2 amide bonds. The van der Waals surface area contributed by atoms with Gasteiger partial charge in [-0.3, -0.25) is 14.6 Å². The fourth-order valence-electron chi connectivity index (χ4n) is 2.88. The average molecular weight is 290 g/mol. The van der Waals surface area contributed by atoms with Gasteiger partial charge in [0, 0.05) is 25.4 Å². The Morgan fingerprint density at radius 1 is 1.38 bits per heavy atom. The largest absolute Gasteiger partial charge is 0.376 e.